The van der Waals surface area contributed by atoms with E-state index in [2.05, 4.69) is 0 Å². The molecule has 31 unspecified atom stereocenters. The third-order valence-electron chi connectivity index (χ3n) is 28.4. The van der Waals surface area contributed by atoms with Gasteiger partial charge in [0, 0.05) is 0 Å². The summed E-state index contributed by atoms with van der Waals surface area (Å²) in [6.07, 6.45) is 7.16. The summed E-state index contributed by atoms with van der Waals surface area (Å²) < 4.78 is 0. The molecule has 23 saturated carbocycles. The molecule has 0 aromatic rings. The highest BCUT2D eigenvalue weighted by molar-refractivity contribution is 5.97. The van der Waals surface area contributed by atoms with E-state index in [-0.39, 0.29) is 0 Å². The van der Waals surface area contributed by atoms with Crippen LogP contribution in [0.25, 0.3) is 0 Å². The van der Waals surface area contributed by atoms with Crippen LogP contribution >= 0.6 is 0 Å². The smallest absolute Gasteiger partial charge is 0.00502 e. The lowest BCUT2D eigenvalue weighted by Crippen LogP contribution is -3.50. The van der Waals surface area contributed by atoms with E-state index in [1.807, 2.05) is 0 Å². The molecule has 23 aliphatic rings. The first-order valence-corrected chi connectivity index (χ1v) is 17.4. The highest BCUT2D eigenvalue weighted by Gasteiger charge is 3.52. The van der Waals surface area contributed by atoms with E-state index >= 15 is 0 Å². The first kappa shape index (κ1) is 12.5. The number of hydrogen-bond acceptors (Lipinski definition) is 0. The Morgan fingerprint density at radius 1 is 0.343 bits per heavy atom. The summed E-state index contributed by atoms with van der Waals surface area (Å²) >= 11 is 0. The van der Waals surface area contributed by atoms with Gasteiger partial charge in [-0.1, -0.05) is 0 Å². The Hall–Kier alpha value is 0. The number of rotatable bonds is 0. The molecule has 0 aromatic heterocycles. The number of fused-ring (bicyclic) bond motifs is 13. The SMILES string of the molecule is C1C2C3C4C5C6C7C8CC9C%10CC%11C%12C%13C%14C%15C%16C%17CC1C%171C2C32C%161C%151C42C52C63C74C98C%10%11C%124C%133C%1412. The van der Waals surface area contributed by atoms with E-state index in [1.165, 1.54) is 107 Å². The maximum atomic E-state index is 1.80. The topological polar surface area (TPSA) is 0 Å². The van der Waals surface area contributed by atoms with Crippen molar-refractivity contribution in [2.75, 3.05) is 0 Å². The minimum Gasteiger partial charge on any atom is -0.0464 e. The Bertz CT molecular complexity index is 1920. The van der Waals surface area contributed by atoms with E-state index < -0.39 is 0 Å². The molecule has 0 bridgehead atoms. The van der Waals surface area contributed by atoms with Crippen LogP contribution in [0.2, 0.25) is 0 Å². The van der Waals surface area contributed by atoms with Crippen LogP contribution in [0.15, 0.2) is 0 Å². The Morgan fingerprint density at radius 2 is 0.857 bits per heavy atom. The zero-order valence-corrected chi connectivity index (χ0v) is 19.7. The summed E-state index contributed by atoms with van der Waals surface area (Å²) in [6.45, 7) is 0. The van der Waals surface area contributed by atoms with Gasteiger partial charge in [0.05, 0.1) is 0 Å². The van der Waals surface area contributed by atoms with E-state index in [0.29, 0.717) is 0 Å². The fraction of sp³-hybridized carbons (Fsp3) is 1.00. The fourth-order valence-corrected chi connectivity index (χ4v) is 34.7. The standard InChI is InChI=1S/C35H26/c1-5-2-9-13-17-21-19-15-11-4-8-7-3-10-14-18-20-16-12-6(1)22-23(5,9)27(13)26(12,22)30(16)31(17,27)35(21)33(19)29(15)25(8,11)24(7,10)28(14,29)32(18,33)34(20,30)35/h5-22H,1-4H2. The predicted octanol–water partition coefficient (Wildman–Crippen LogP) is 3.77. The minimum atomic E-state index is 1.08. The molecule has 0 aromatic carbocycles. The summed E-state index contributed by atoms with van der Waals surface area (Å²) in [4.78, 5) is 0. The van der Waals surface area contributed by atoms with Crippen molar-refractivity contribution in [1.82, 2.24) is 0 Å². The normalized spacial score (nSPS) is 130. The van der Waals surface area contributed by atoms with Crippen LogP contribution in [-0.2, 0) is 0 Å². The average molecular weight is 447 g/mol. The lowest BCUT2D eigenvalue weighted by Gasteiger charge is -3.51. The van der Waals surface area contributed by atoms with Crippen LogP contribution < -0.4 is 0 Å². The average Bonchev–Trinajstić information content (AvgIpc) is 2.94. The van der Waals surface area contributed by atoms with E-state index in [9.17, 15) is 0 Å². The zero-order valence-electron chi connectivity index (χ0n) is 19.7. The van der Waals surface area contributed by atoms with Crippen molar-refractivity contribution in [3.05, 3.63) is 0 Å². The molecule has 0 amide bonds. The van der Waals surface area contributed by atoms with Crippen molar-refractivity contribution in [1.29, 1.82) is 0 Å². The summed E-state index contributed by atoms with van der Waals surface area (Å²) in [5.41, 5.74) is 14.5. The van der Waals surface area contributed by atoms with Gasteiger partial charge in [0.25, 0.3) is 0 Å². The van der Waals surface area contributed by atoms with Gasteiger partial charge in [-0.2, -0.15) is 0 Å². The Labute approximate surface area is 202 Å². The Balaban J connectivity index is 0.987. The van der Waals surface area contributed by atoms with Crippen molar-refractivity contribution < 1.29 is 0 Å². The van der Waals surface area contributed by atoms with E-state index in [1.54, 1.807) is 25.7 Å². The molecule has 0 aliphatic heterocycles. The van der Waals surface area contributed by atoms with Crippen molar-refractivity contribution in [2.24, 2.45) is 177 Å². The van der Waals surface area contributed by atoms with E-state index in [4.69, 9.17) is 0 Å². The molecule has 23 rings (SSSR count). The molecule has 23 fully saturated rings. The number of hydrogen-bond donors (Lipinski definition) is 0. The van der Waals surface area contributed by atoms with Crippen LogP contribution in [0.4, 0.5) is 0 Å². The third-order valence-corrected chi connectivity index (χ3v) is 28.4. The van der Waals surface area contributed by atoms with Gasteiger partial charge in [-0.3, -0.25) is 0 Å². The molecule has 23 aliphatic carbocycles. The molecule has 35 heavy (non-hydrogen) atoms. The van der Waals surface area contributed by atoms with Gasteiger partial charge in [-0.05, 0) is 203 Å². The van der Waals surface area contributed by atoms with Crippen LogP contribution in [0.5, 0.6) is 0 Å². The summed E-state index contributed by atoms with van der Waals surface area (Å²) in [7, 11) is 0. The largest absolute Gasteiger partial charge is 0.0464 e. The first-order chi connectivity index (χ1) is 17.4. The Kier molecular flexibility index (Phi) is 0.712. The quantitative estimate of drug-likeness (QED) is 0.531. The van der Waals surface area contributed by atoms with E-state index in [0.717, 1.165) is 70.4 Å². The zero-order chi connectivity index (χ0) is 19.7. The van der Waals surface area contributed by atoms with Crippen molar-refractivity contribution in [3.63, 3.8) is 0 Å². The summed E-state index contributed by atoms with van der Waals surface area (Å²) in [6, 6.07) is 0. The molecule has 0 nitrogen and oxygen atoms in total. The van der Waals surface area contributed by atoms with Crippen LogP contribution in [0.3, 0.4) is 0 Å². The second kappa shape index (κ2) is 2.00. The predicted molar refractivity (Wildman–Crippen MR) is 113 cm³/mol. The van der Waals surface area contributed by atoms with Crippen LogP contribution in [-0.4, -0.2) is 0 Å². The van der Waals surface area contributed by atoms with Gasteiger partial charge < -0.3 is 0 Å². The lowest BCUT2D eigenvalue weighted by atomic mass is 8.51. The second-order valence-electron chi connectivity index (χ2n) is 21.9. The molecule has 0 saturated heterocycles. The molecule has 0 heterocycles. The van der Waals surface area contributed by atoms with Gasteiger partial charge in [0.15, 0.2) is 0 Å². The second-order valence-corrected chi connectivity index (χ2v) is 21.9. The monoisotopic (exact) mass is 446 g/mol. The van der Waals surface area contributed by atoms with Crippen molar-refractivity contribution in [3.8, 4) is 0 Å². The third kappa shape index (κ3) is 0.314. The molecule has 0 radical (unpaired) electrons. The van der Waals surface area contributed by atoms with Gasteiger partial charge in [0.2, 0.25) is 0 Å². The van der Waals surface area contributed by atoms with Crippen LogP contribution in [0, 0.1) is 177 Å². The van der Waals surface area contributed by atoms with Gasteiger partial charge in [0.1, 0.15) is 0 Å². The fourth-order valence-electron chi connectivity index (χ4n) is 34.7. The summed E-state index contributed by atoms with van der Waals surface area (Å²) in [5.74, 6) is 24.6. The molecular formula is C35H26. The minimum absolute atomic E-state index is 1.08. The van der Waals surface area contributed by atoms with Crippen molar-refractivity contribution in [2.45, 2.75) is 25.7 Å². The maximum Gasteiger partial charge on any atom is -0.00502 e. The van der Waals surface area contributed by atoms with Gasteiger partial charge >= 0.3 is 0 Å². The summed E-state index contributed by atoms with van der Waals surface area (Å²) in [5, 5.41) is 0. The molecule has 13 spiro atoms. The van der Waals surface area contributed by atoms with Gasteiger partial charge in [-0.25, -0.2) is 0 Å². The van der Waals surface area contributed by atoms with Gasteiger partial charge in [-0.15, -0.1) is 0 Å². The Morgan fingerprint density at radius 3 is 1.54 bits per heavy atom. The molecular weight excluding hydrogens is 420 g/mol. The molecule has 0 heteroatoms. The molecule has 31 atom stereocenters. The first-order valence-electron chi connectivity index (χ1n) is 17.4. The highest BCUT2D eigenvalue weighted by Crippen LogP contribution is 3.53. The molecule has 166 valence electrons. The lowest BCUT2D eigenvalue weighted by molar-refractivity contribution is -1.07. The maximum absolute atomic E-state index is 1.80. The molecule has 0 N–H and O–H groups in total. The van der Waals surface area contributed by atoms with Crippen LogP contribution in [0.1, 0.15) is 25.7 Å². The van der Waals surface area contributed by atoms with Crippen molar-refractivity contribution >= 4 is 0 Å². The highest BCUT2D eigenvalue weighted by atomic mass is 15.5.